The van der Waals surface area contributed by atoms with Crippen LogP contribution in [0.1, 0.15) is 30.1 Å². The first-order valence-electron chi connectivity index (χ1n) is 10.4. The summed E-state index contributed by atoms with van der Waals surface area (Å²) in [5.74, 6) is 0.770. The summed E-state index contributed by atoms with van der Waals surface area (Å²) < 4.78 is 14.0. The maximum Gasteiger partial charge on any atom is 0.251 e. The predicted octanol–water partition coefficient (Wildman–Crippen LogP) is 2.79. The van der Waals surface area contributed by atoms with Crippen molar-refractivity contribution in [2.45, 2.75) is 25.8 Å². The van der Waals surface area contributed by atoms with Crippen molar-refractivity contribution in [1.82, 2.24) is 20.9 Å². The number of nitrogens with zero attached hydrogens (tertiary/aromatic N) is 3. The number of aromatic nitrogens is 1. The van der Waals surface area contributed by atoms with E-state index in [2.05, 4.69) is 25.9 Å². The van der Waals surface area contributed by atoms with Crippen molar-refractivity contribution in [2.75, 3.05) is 37.6 Å². The molecule has 0 saturated carbocycles. The number of amides is 1. The van der Waals surface area contributed by atoms with E-state index in [9.17, 15) is 9.18 Å². The van der Waals surface area contributed by atoms with Crippen molar-refractivity contribution in [3.05, 3.63) is 60.0 Å². The second-order valence-corrected chi connectivity index (χ2v) is 7.12. The highest BCUT2D eigenvalue weighted by Crippen LogP contribution is 2.20. The Balaban J connectivity index is 0.00000341. The summed E-state index contributed by atoms with van der Waals surface area (Å²) in [6.45, 7) is 5.34. The van der Waals surface area contributed by atoms with Gasteiger partial charge in [-0.15, -0.1) is 24.0 Å². The number of halogens is 2. The molecular formula is C22H30FIN6O. The van der Waals surface area contributed by atoms with E-state index >= 15 is 0 Å². The molecule has 2 aromatic rings. The number of nitrogens with one attached hydrogen (secondary N) is 3. The molecule has 1 atom stereocenters. The van der Waals surface area contributed by atoms with Crippen LogP contribution in [0.2, 0.25) is 0 Å². The zero-order chi connectivity index (χ0) is 21.2. The third-order valence-electron chi connectivity index (χ3n) is 4.84. The Labute approximate surface area is 199 Å². The van der Waals surface area contributed by atoms with Crippen LogP contribution in [0.5, 0.6) is 0 Å². The third kappa shape index (κ3) is 7.64. The van der Waals surface area contributed by atoms with Gasteiger partial charge in [-0.05, 0) is 44.0 Å². The van der Waals surface area contributed by atoms with Crippen molar-refractivity contribution in [1.29, 1.82) is 0 Å². The van der Waals surface area contributed by atoms with Crippen LogP contribution in [0.4, 0.5) is 10.2 Å². The molecule has 1 aromatic carbocycles. The van der Waals surface area contributed by atoms with Gasteiger partial charge in [0.1, 0.15) is 0 Å². The topological polar surface area (TPSA) is 81.6 Å². The second-order valence-electron chi connectivity index (χ2n) is 7.12. The van der Waals surface area contributed by atoms with Gasteiger partial charge in [-0.2, -0.15) is 0 Å². The lowest BCUT2D eigenvalue weighted by Crippen LogP contribution is -2.44. The average molecular weight is 540 g/mol. The monoisotopic (exact) mass is 540 g/mol. The number of benzene rings is 1. The number of aliphatic imine (C=N–C) groups is 1. The largest absolute Gasteiger partial charge is 0.357 e. The van der Waals surface area contributed by atoms with Gasteiger partial charge in [-0.3, -0.25) is 9.79 Å². The van der Waals surface area contributed by atoms with Gasteiger partial charge in [0.05, 0.1) is 0 Å². The van der Waals surface area contributed by atoms with Gasteiger partial charge in [-0.25, -0.2) is 9.37 Å². The summed E-state index contributed by atoms with van der Waals surface area (Å²) in [5.41, 5.74) is 0.658. The van der Waals surface area contributed by atoms with Crippen LogP contribution in [-0.2, 0) is 0 Å². The molecule has 1 aliphatic rings. The molecule has 31 heavy (non-hydrogen) atoms. The van der Waals surface area contributed by atoms with Crippen LogP contribution in [0.3, 0.4) is 0 Å². The van der Waals surface area contributed by atoms with Gasteiger partial charge in [0.2, 0.25) is 0 Å². The molecule has 2 heterocycles. The number of pyridine rings is 1. The molecule has 1 amide bonds. The van der Waals surface area contributed by atoms with E-state index in [1.807, 2.05) is 30.0 Å². The summed E-state index contributed by atoms with van der Waals surface area (Å²) in [6, 6.07) is 12.4. The Bertz CT molecular complexity index is 851. The summed E-state index contributed by atoms with van der Waals surface area (Å²) in [5, 5.41) is 9.57. The Morgan fingerprint density at radius 2 is 2.03 bits per heavy atom. The molecule has 9 heteroatoms. The van der Waals surface area contributed by atoms with Gasteiger partial charge in [0.25, 0.3) is 5.91 Å². The zero-order valence-corrected chi connectivity index (χ0v) is 20.0. The minimum Gasteiger partial charge on any atom is -0.357 e. The smallest absolute Gasteiger partial charge is 0.251 e. The molecule has 0 spiro atoms. The number of hydrogen-bond donors (Lipinski definition) is 3. The number of rotatable bonds is 8. The molecule has 0 aliphatic carbocycles. The first kappa shape index (κ1) is 24.8. The molecule has 168 valence electrons. The van der Waals surface area contributed by atoms with E-state index in [1.54, 1.807) is 24.4 Å². The summed E-state index contributed by atoms with van der Waals surface area (Å²) in [7, 11) is 0. The SMILES string of the molecule is CCNC(=NCCCNC(=O)c1ccccc1)NC1CCN(c2ncccc2F)C1.I. The van der Waals surface area contributed by atoms with Crippen LogP contribution in [-0.4, -0.2) is 55.6 Å². The summed E-state index contributed by atoms with van der Waals surface area (Å²) >= 11 is 0. The zero-order valence-electron chi connectivity index (χ0n) is 17.7. The molecular weight excluding hydrogens is 510 g/mol. The normalized spacial score (nSPS) is 15.9. The van der Waals surface area contributed by atoms with Gasteiger partial charge in [0, 0.05) is 50.5 Å². The van der Waals surface area contributed by atoms with Crippen molar-refractivity contribution >= 4 is 41.7 Å². The molecule has 0 bridgehead atoms. The fourth-order valence-corrected chi connectivity index (χ4v) is 3.36. The Hall–Kier alpha value is -2.43. The number of anilines is 1. The van der Waals surface area contributed by atoms with Gasteiger partial charge in [-0.1, -0.05) is 18.2 Å². The number of carbonyl (C=O) groups excluding carboxylic acids is 1. The van der Waals surface area contributed by atoms with E-state index in [-0.39, 0.29) is 41.7 Å². The number of carbonyl (C=O) groups is 1. The Morgan fingerprint density at radius 3 is 2.77 bits per heavy atom. The molecule has 3 rings (SSSR count). The maximum absolute atomic E-state index is 14.0. The van der Waals surface area contributed by atoms with Crippen molar-refractivity contribution in [3.8, 4) is 0 Å². The van der Waals surface area contributed by atoms with Crippen molar-refractivity contribution < 1.29 is 9.18 Å². The fraction of sp³-hybridized carbons (Fsp3) is 0.409. The fourth-order valence-electron chi connectivity index (χ4n) is 3.36. The molecule has 1 fully saturated rings. The van der Waals surface area contributed by atoms with Crippen molar-refractivity contribution in [2.24, 2.45) is 4.99 Å². The van der Waals surface area contributed by atoms with Crippen LogP contribution >= 0.6 is 24.0 Å². The van der Waals surface area contributed by atoms with E-state index in [0.29, 0.717) is 31.0 Å². The Kier molecular flexibility index (Phi) is 10.5. The second kappa shape index (κ2) is 13.1. The van der Waals surface area contributed by atoms with Crippen molar-refractivity contribution in [3.63, 3.8) is 0 Å². The molecule has 1 unspecified atom stereocenters. The van der Waals surface area contributed by atoms with E-state index in [4.69, 9.17) is 0 Å². The minimum absolute atomic E-state index is 0. The first-order valence-corrected chi connectivity index (χ1v) is 10.4. The van der Waals surface area contributed by atoms with Gasteiger partial charge in [0.15, 0.2) is 17.6 Å². The molecule has 1 saturated heterocycles. The van der Waals surface area contributed by atoms with Crippen LogP contribution in [0.25, 0.3) is 0 Å². The molecule has 0 radical (unpaired) electrons. The number of guanidine groups is 1. The molecule has 1 aromatic heterocycles. The Morgan fingerprint density at radius 1 is 1.23 bits per heavy atom. The maximum atomic E-state index is 14.0. The van der Waals surface area contributed by atoms with Crippen LogP contribution in [0, 0.1) is 5.82 Å². The highest BCUT2D eigenvalue weighted by molar-refractivity contribution is 14.0. The molecule has 3 N–H and O–H groups in total. The van der Waals surface area contributed by atoms with E-state index < -0.39 is 0 Å². The van der Waals surface area contributed by atoms with E-state index in [0.717, 1.165) is 31.9 Å². The average Bonchev–Trinajstić information content (AvgIpc) is 3.22. The third-order valence-corrected chi connectivity index (χ3v) is 4.84. The van der Waals surface area contributed by atoms with Gasteiger partial charge >= 0.3 is 0 Å². The van der Waals surface area contributed by atoms with Crippen LogP contribution in [0.15, 0.2) is 53.7 Å². The molecule has 1 aliphatic heterocycles. The first-order chi connectivity index (χ1) is 14.7. The number of hydrogen-bond acceptors (Lipinski definition) is 4. The minimum atomic E-state index is -0.295. The standard InChI is InChI=1S/C22H29FN6O.HI/c1-2-24-22(27-14-7-13-26-21(30)17-8-4-3-5-9-17)28-18-11-15-29(16-18)20-19(23)10-6-12-25-20;/h3-6,8-10,12,18H,2,7,11,13-16H2,1H3,(H,26,30)(H2,24,27,28);1H. The quantitative estimate of drug-likeness (QED) is 0.208. The predicted molar refractivity (Wildman–Crippen MR) is 133 cm³/mol. The van der Waals surface area contributed by atoms with Crippen LogP contribution < -0.4 is 20.9 Å². The summed E-state index contributed by atoms with van der Waals surface area (Å²) in [4.78, 5) is 22.7. The highest BCUT2D eigenvalue weighted by atomic mass is 127. The van der Waals surface area contributed by atoms with E-state index in [1.165, 1.54) is 6.07 Å². The molecule has 7 nitrogen and oxygen atoms in total. The highest BCUT2D eigenvalue weighted by Gasteiger charge is 2.25. The lowest BCUT2D eigenvalue weighted by Gasteiger charge is -2.20. The summed E-state index contributed by atoms with van der Waals surface area (Å²) in [6.07, 6.45) is 3.24. The lowest BCUT2D eigenvalue weighted by molar-refractivity contribution is 0.0953. The lowest BCUT2D eigenvalue weighted by atomic mass is 10.2. The van der Waals surface area contributed by atoms with Gasteiger partial charge < -0.3 is 20.9 Å².